The van der Waals surface area contributed by atoms with Gasteiger partial charge in [-0.05, 0) is 49.7 Å². The number of aromatic nitrogens is 3. The molecule has 0 aliphatic heterocycles. The van der Waals surface area contributed by atoms with Crippen molar-refractivity contribution in [3.05, 3.63) is 65.5 Å². The highest BCUT2D eigenvalue weighted by Gasteiger charge is 2.15. The van der Waals surface area contributed by atoms with Crippen LogP contribution in [-0.4, -0.2) is 38.3 Å². The smallest absolute Gasteiger partial charge is 0.195 e. The lowest BCUT2D eigenvalue weighted by Crippen LogP contribution is -2.20. The summed E-state index contributed by atoms with van der Waals surface area (Å²) < 4.78 is 7.57. The van der Waals surface area contributed by atoms with Gasteiger partial charge < -0.3 is 9.84 Å². The fourth-order valence-electron chi connectivity index (χ4n) is 2.57. The van der Waals surface area contributed by atoms with E-state index < -0.39 is 6.10 Å². The third-order valence-electron chi connectivity index (χ3n) is 3.98. The SMILES string of the molecule is Cc1ccccc1-n1c(C)nnc1SC[C@H](O)COc1ccc(C#N)cc1. The highest BCUT2D eigenvalue weighted by molar-refractivity contribution is 7.99. The molecule has 1 aromatic heterocycles. The first kappa shape index (κ1) is 19.0. The van der Waals surface area contributed by atoms with E-state index in [4.69, 9.17) is 10.00 Å². The number of thioether (sulfide) groups is 1. The summed E-state index contributed by atoms with van der Waals surface area (Å²) >= 11 is 1.44. The quantitative estimate of drug-likeness (QED) is 0.633. The van der Waals surface area contributed by atoms with Crippen LogP contribution in [0.4, 0.5) is 0 Å². The van der Waals surface area contributed by atoms with E-state index >= 15 is 0 Å². The lowest BCUT2D eigenvalue weighted by atomic mass is 10.2. The standard InChI is InChI=1S/C20H20N4O2S/c1-14-5-3-4-6-19(14)24-15(2)22-23-20(24)27-13-17(25)12-26-18-9-7-16(11-21)8-10-18/h3-10,17,25H,12-13H2,1-2H3/t17-/m1/s1. The number of ether oxygens (including phenoxy) is 1. The zero-order chi connectivity index (χ0) is 19.2. The van der Waals surface area contributed by atoms with E-state index in [0.29, 0.717) is 17.1 Å². The highest BCUT2D eigenvalue weighted by atomic mass is 32.2. The first-order valence-corrected chi connectivity index (χ1v) is 9.49. The molecule has 1 atom stereocenters. The van der Waals surface area contributed by atoms with Crippen LogP contribution in [-0.2, 0) is 0 Å². The minimum atomic E-state index is -0.659. The second-order valence-corrected chi connectivity index (χ2v) is 7.05. The van der Waals surface area contributed by atoms with Gasteiger partial charge in [-0.25, -0.2) is 0 Å². The maximum absolute atomic E-state index is 10.2. The van der Waals surface area contributed by atoms with Gasteiger partial charge in [0.2, 0.25) is 0 Å². The van der Waals surface area contributed by atoms with Crippen molar-refractivity contribution in [2.45, 2.75) is 25.1 Å². The first-order chi connectivity index (χ1) is 13.1. The Hall–Kier alpha value is -2.82. The Labute approximate surface area is 162 Å². The van der Waals surface area contributed by atoms with Crippen molar-refractivity contribution in [3.8, 4) is 17.5 Å². The van der Waals surface area contributed by atoms with Crippen molar-refractivity contribution >= 4 is 11.8 Å². The van der Waals surface area contributed by atoms with E-state index in [0.717, 1.165) is 22.2 Å². The number of aliphatic hydroxyl groups is 1. The van der Waals surface area contributed by atoms with Crippen LogP contribution in [0.5, 0.6) is 5.75 Å². The van der Waals surface area contributed by atoms with Crippen LogP contribution in [0.3, 0.4) is 0 Å². The van der Waals surface area contributed by atoms with Crippen molar-refractivity contribution in [3.63, 3.8) is 0 Å². The summed E-state index contributed by atoms with van der Waals surface area (Å²) in [6.45, 7) is 4.12. The predicted molar refractivity (Wildman–Crippen MR) is 104 cm³/mol. The minimum absolute atomic E-state index is 0.163. The molecule has 0 spiro atoms. The molecule has 0 radical (unpaired) electrons. The van der Waals surface area contributed by atoms with Crippen molar-refractivity contribution in [2.75, 3.05) is 12.4 Å². The second-order valence-electron chi connectivity index (χ2n) is 6.06. The van der Waals surface area contributed by atoms with E-state index in [-0.39, 0.29) is 6.61 Å². The lowest BCUT2D eigenvalue weighted by molar-refractivity contribution is 0.126. The number of hydrogen-bond acceptors (Lipinski definition) is 6. The molecule has 3 rings (SSSR count). The van der Waals surface area contributed by atoms with E-state index in [1.54, 1.807) is 24.3 Å². The number of hydrogen-bond donors (Lipinski definition) is 1. The maximum Gasteiger partial charge on any atom is 0.195 e. The number of rotatable bonds is 7. The highest BCUT2D eigenvalue weighted by Crippen LogP contribution is 2.24. The van der Waals surface area contributed by atoms with Gasteiger partial charge in [0.15, 0.2) is 5.16 Å². The first-order valence-electron chi connectivity index (χ1n) is 8.50. The normalized spacial score (nSPS) is 11.8. The average Bonchev–Trinajstić information content (AvgIpc) is 3.06. The van der Waals surface area contributed by atoms with Gasteiger partial charge in [-0.3, -0.25) is 4.57 Å². The van der Waals surface area contributed by atoms with E-state index in [2.05, 4.69) is 16.3 Å². The number of aryl methyl sites for hydroxylation is 2. The van der Waals surface area contributed by atoms with Gasteiger partial charge in [-0.15, -0.1) is 10.2 Å². The Kier molecular flexibility index (Phi) is 6.12. The molecule has 0 aliphatic rings. The summed E-state index contributed by atoms with van der Waals surface area (Å²) in [4.78, 5) is 0. The van der Waals surface area contributed by atoms with Crippen LogP contribution < -0.4 is 4.74 Å². The Bertz CT molecular complexity index is 947. The molecule has 1 heterocycles. The summed E-state index contributed by atoms with van der Waals surface area (Å²) in [5.74, 6) is 1.85. The summed E-state index contributed by atoms with van der Waals surface area (Å²) in [5.41, 5.74) is 2.74. The third kappa shape index (κ3) is 4.67. The van der Waals surface area contributed by atoms with Crippen LogP contribution in [0.25, 0.3) is 5.69 Å². The lowest BCUT2D eigenvalue weighted by Gasteiger charge is -2.14. The summed E-state index contributed by atoms with van der Waals surface area (Å²) in [7, 11) is 0. The van der Waals surface area contributed by atoms with Gasteiger partial charge in [0.05, 0.1) is 23.4 Å². The molecular formula is C20H20N4O2S. The molecule has 0 bridgehead atoms. The molecule has 0 aliphatic carbocycles. The average molecular weight is 380 g/mol. The molecule has 3 aromatic rings. The Morgan fingerprint density at radius 1 is 1.15 bits per heavy atom. The van der Waals surface area contributed by atoms with Crippen molar-refractivity contribution in [1.29, 1.82) is 5.26 Å². The molecular weight excluding hydrogens is 360 g/mol. The van der Waals surface area contributed by atoms with Crippen LogP contribution in [0.2, 0.25) is 0 Å². The molecule has 6 nitrogen and oxygen atoms in total. The fraction of sp³-hybridized carbons (Fsp3) is 0.250. The summed E-state index contributed by atoms with van der Waals surface area (Å²) in [6.07, 6.45) is -0.659. The van der Waals surface area contributed by atoms with Crippen LogP contribution >= 0.6 is 11.8 Å². The molecule has 7 heteroatoms. The number of nitriles is 1. The number of para-hydroxylation sites is 1. The van der Waals surface area contributed by atoms with E-state index in [1.807, 2.05) is 42.7 Å². The van der Waals surface area contributed by atoms with Crippen LogP contribution in [0.15, 0.2) is 53.7 Å². The molecule has 0 saturated carbocycles. The minimum Gasteiger partial charge on any atom is -0.491 e. The Morgan fingerprint density at radius 2 is 1.89 bits per heavy atom. The maximum atomic E-state index is 10.2. The van der Waals surface area contributed by atoms with Crippen molar-refractivity contribution in [2.24, 2.45) is 0 Å². The van der Waals surface area contributed by atoms with Crippen LogP contribution in [0.1, 0.15) is 17.0 Å². The number of benzene rings is 2. The topological polar surface area (TPSA) is 84.0 Å². The van der Waals surface area contributed by atoms with Gasteiger partial charge in [0, 0.05) is 5.75 Å². The third-order valence-corrected chi connectivity index (χ3v) is 5.06. The predicted octanol–water partition coefficient (Wildman–Crippen LogP) is 3.29. The number of aliphatic hydroxyl groups excluding tert-OH is 1. The molecule has 27 heavy (non-hydrogen) atoms. The molecule has 0 saturated heterocycles. The number of nitrogens with zero attached hydrogens (tertiary/aromatic N) is 4. The molecule has 0 amide bonds. The molecule has 1 N–H and O–H groups in total. The largest absolute Gasteiger partial charge is 0.491 e. The van der Waals surface area contributed by atoms with E-state index in [1.165, 1.54) is 11.8 Å². The Morgan fingerprint density at radius 3 is 2.59 bits per heavy atom. The zero-order valence-corrected chi connectivity index (χ0v) is 16.0. The summed E-state index contributed by atoms with van der Waals surface area (Å²) in [6, 6.07) is 16.9. The van der Waals surface area contributed by atoms with Gasteiger partial charge in [-0.2, -0.15) is 5.26 Å². The summed E-state index contributed by atoms with van der Waals surface area (Å²) in [5, 5.41) is 28.2. The zero-order valence-electron chi connectivity index (χ0n) is 15.2. The van der Waals surface area contributed by atoms with Crippen molar-refractivity contribution in [1.82, 2.24) is 14.8 Å². The molecule has 0 fully saturated rings. The van der Waals surface area contributed by atoms with Gasteiger partial charge in [0.25, 0.3) is 0 Å². The molecule has 0 unspecified atom stereocenters. The monoisotopic (exact) mass is 380 g/mol. The molecule has 138 valence electrons. The second kappa shape index (κ2) is 8.71. The van der Waals surface area contributed by atoms with Gasteiger partial charge >= 0.3 is 0 Å². The van der Waals surface area contributed by atoms with Crippen LogP contribution in [0, 0.1) is 25.2 Å². The van der Waals surface area contributed by atoms with Gasteiger partial charge in [-0.1, -0.05) is 30.0 Å². The van der Waals surface area contributed by atoms with Gasteiger partial charge in [0.1, 0.15) is 18.2 Å². The van der Waals surface area contributed by atoms with Crippen molar-refractivity contribution < 1.29 is 9.84 Å². The molecule has 2 aromatic carbocycles. The Balaban J connectivity index is 1.60. The van der Waals surface area contributed by atoms with E-state index in [9.17, 15) is 5.11 Å². The fourth-order valence-corrected chi connectivity index (χ4v) is 3.46.